The van der Waals surface area contributed by atoms with Gasteiger partial charge in [-0.25, -0.2) is 0 Å². The number of aliphatic hydroxyl groups is 1. The van der Waals surface area contributed by atoms with Gasteiger partial charge in [-0.2, -0.15) is 0 Å². The highest BCUT2D eigenvalue weighted by molar-refractivity contribution is 5.88. The number of aliphatic hydroxyl groups excluding tert-OH is 1. The molecule has 2 aliphatic heterocycles. The Morgan fingerprint density at radius 2 is 1.90 bits per heavy atom. The van der Waals surface area contributed by atoms with Gasteiger partial charge >= 0.3 is 0 Å². The maximum atomic E-state index is 12.8. The lowest BCUT2D eigenvalue weighted by molar-refractivity contribution is -0.149. The van der Waals surface area contributed by atoms with Gasteiger partial charge in [0.15, 0.2) is 0 Å². The second-order valence-electron chi connectivity index (χ2n) is 6.75. The highest BCUT2D eigenvalue weighted by Crippen LogP contribution is 2.22. The number of likely N-dealkylation sites (tertiary alicyclic amines) is 2. The fraction of sp³-hybridized carbons (Fsp3) is 0.875. The topological polar surface area (TPSA) is 60.9 Å². The second kappa shape index (κ2) is 7.25. The summed E-state index contributed by atoms with van der Waals surface area (Å²) < 4.78 is 0. The van der Waals surface area contributed by atoms with Gasteiger partial charge in [0.25, 0.3) is 0 Å². The van der Waals surface area contributed by atoms with Gasteiger partial charge in [-0.3, -0.25) is 9.59 Å². The maximum absolute atomic E-state index is 12.8. The Morgan fingerprint density at radius 1 is 1.24 bits per heavy atom. The Bertz CT molecular complexity index is 376. The largest absolute Gasteiger partial charge is 0.393 e. The average molecular weight is 296 g/mol. The zero-order chi connectivity index (χ0) is 15.4. The molecule has 2 fully saturated rings. The van der Waals surface area contributed by atoms with Gasteiger partial charge in [-0.1, -0.05) is 13.8 Å². The zero-order valence-electron chi connectivity index (χ0n) is 13.3. The summed E-state index contributed by atoms with van der Waals surface area (Å²) in [5.74, 6) is 0.576. The monoisotopic (exact) mass is 296 g/mol. The summed E-state index contributed by atoms with van der Waals surface area (Å²) >= 11 is 0. The van der Waals surface area contributed by atoms with Crippen molar-refractivity contribution in [2.45, 2.75) is 64.5 Å². The predicted molar refractivity (Wildman–Crippen MR) is 80.6 cm³/mol. The minimum absolute atomic E-state index is 0.0749. The van der Waals surface area contributed by atoms with E-state index < -0.39 is 0 Å². The molecule has 0 aliphatic carbocycles. The third-order valence-corrected chi connectivity index (χ3v) is 4.49. The first-order chi connectivity index (χ1) is 9.99. The molecule has 5 heteroatoms. The van der Waals surface area contributed by atoms with E-state index in [0.717, 1.165) is 19.3 Å². The second-order valence-corrected chi connectivity index (χ2v) is 6.75. The van der Waals surface area contributed by atoms with Gasteiger partial charge in [0, 0.05) is 26.1 Å². The van der Waals surface area contributed by atoms with E-state index >= 15 is 0 Å². The number of rotatable bonds is 4. The highest BCUT2D eigenvalue weighted by atomic mass is 16.3. The third kappa shape index (κ3) is 4.19. The van der Waals surface area contributed by atoms with Gasteiger partial charge in [-0.15, -0.1) is 0 Å². The smallest absolute Gasteiger partial charge is 0.245 e. The molecule has 0 radical (unpaired) electrons. The zero-order valence-corrected chi connectivity index (χ0v) is 13.3. The van der Waals surface area contributed by atoms with Crippen molar-refractivity contribution in [2.24, 2.45) is 5.92 Å². The molecular formula is C16H28N2O3. The van der Waals surface area contributed by atoms with E-state index in [9.17, 15) is 14.7 Å². The molecule has 120 valence electrons. The van der Waals surface area contributed by atoms with Crippen LogP contribution in [0.1, 0.15) is 52.4 Å². The summed E-state index contributed by atoms with van der Waals surface area (Å²) in [5, 5.41) is 9.58. The lowest BCUT2D eigenvalue weighted by Gasteiger charge is -2.39. The normalized spacial score (nSPS) is 22.8. The fourth-order valence-corrected chi connectivity index (χ4v) is 3.26. The summed E-state index contributed by atoms with van der Waals surface area (Å²) in [6, 6.07) is -0.312. The number of amides is 2. The van der Waals surface area contributed by atoms with Crippen LogP contribution >= 0.6 is 0 Å². The number of piperidine rings is 2. The molecule has 0 aromatic rings. The van der Waals surface area contributed by atoms with E-state index in [1.807, 2.05) is 4.90 Å². The molecule has 2 saturated heterocycles. The molecule has 21 heavy (non-hydrogen) atoms. The standard InChI is InChI=1S/C16H28N2O3/c1-12(2)11-14(18-8-4-3-5-15(18)20)16(21)17-9-6-13(19)7-10-17/h12-14,19H,3-11H2,1-2H3. The average Bonchev–Trinajstić information content (AvgIpc) is 2.45. The molecule has 2 heterocycles. The Balaban J connectivity index is 2.07. The van der Waals surface area contributed by atoms with Crippen LogP contribution in [0.3, 0.4) is 0 Å². The van der Waals surface area contributed by atoms with Gasteiger partial charge in [-0.05, 0) is 38.0 Å². The Kier molecular flexibility index (Phi) is 5.62. The first-order valence-electron chi connectivity index (χ1n) is 8.25. The molecule has 0 spiro atoms. The van der Waals surface area contributed by atoms with Crippen LogP contribution < -0.4 is 0 Å². The summed E-state index contributed by atoms with van der Waals surface area (Å²) in [4.78, 5) is 28.6. The van der Waals surface area contributed by atoms with Crippen LogP contribution in [0.2, 0.25) is 0 Å². The lowest BCUT2D eigenvalue weighted by atomic mass is 9.97. The third-order valence-electron chi connectivity index (χ3n) is 4.49. The first kappa shape index (κ1) is 16.3. The van der Waals surface area contributed by atoms with E-state index in [2.05, 4.69) is 13.8 Å². The van der Waals surface area contributed by atoms with E-state index in [1.165, 1.54) is 0 Å². The molecule has 2 rings (SSSR count). The van der Waals surface area contributed by atoms with E-state index in [-0.39, 0.29) is 24.0 Å². The summed E-state index contributed by atoms with van der Waals surface area (Å²) in [6.45, 7) is 6.11. The number of nitrogens with zero attached hydrogens (tertiary/aromatic N) is 2. The predicted octanol–water partition coefficient (Wildman–Crippen LogP) is 1.40. The van der Waals surface area contributed by atoms with Crippen molar-refractivity contribution in [2.75, 3.05) is 19.6 Å². The van der Waals surface area contributed by atoms with Crippen molar-refractivity contribution < 1.29 is 14.7 Å². The van der Waals surface area contributed by atoms with Crippen LogP contribution in [0.15, 0.2) is 0 Å². The SMILES string of the molecule is CC(C)CC(C(=O)N1CCC(O)CC1)N1CCCCC1=O. The molecule has 2 aliphatic rings. The lowest BCUT2D eigenvalue weighted by Crippen LogP contribution is -2.54. The van der Waals surface area contributed by atoms with Crippen LogP contribution in [0.4, 0.5) is 0 Å². The fourth-order valence-electron chi connectivity index (χ4n) is 3.26. The Hall–Kier alpha value is -1.10. The van der Waals surface area contributed by atoms with Crippen molar-refractivity contribution in [3.05, 3.63) is 0 Å². The minimum atomic E-state index is -0.312. The van der Waals surface area contributed by atoms with Crippen LogP contribution in [0.25, 0.3) is 0 Å². The molecule has 0 saturated carbocycles. The van der Waals surface area contributed by atoms with Gasteiger partial charge in [0.2, 0.25) is 11.8 Å². The number of carbonyl (C=O) groups is 2. The molecule has 1 N–H and O–H groups in total. The number of carbonyl (C=O) groups excluding carboxylic acids is 2. The molecule has 0 bridgehead atoms. The summed E-state index contributed by atoms with van der Waals surface area (Å²) in [6.07, 6.45) is 4.24. The summed E-state index contributed by atoms with van der Waals surface area (Å²) in [7, 11) is 0. The Morgan fingerprint density at radius 3 is 2.48 bits per heavy atom. The Labute approximate surface area is 127 Å². The molecule has 0 aromatic heterocycles. The van der Waals surface area contributed by atoms with Crippen molar-refractivity contribution in [3.63, 3.8) is 0 Å². The number of hydrogen-bond donors (Lipinski definition) is 1. The van der Waals surface area contributed by atoms with Crippen molar-refractivity contribution in [3.8, 4) is 0 Å². The summed E-state index contributed by atoms with van der Waals surface area (Å²) in [5.41, 5.74) is 0. The van der Waals surface area contributed by atoms with Crippen molar-refractivity contribution in [1.82, 2.24) is 9.80 Å². The van der Waals surface area contributed by atoms with Gasteiger partial charge in [0.05, 0.1) is 6.10 Å². The van der Waals surface area contributed by atoms with E-state index in [1.54, 1.807) is 4.90 Å². The van der Waals surface area contributed by atoms with Gasteiger partial charge < -0.3 is 14.9 Å². The van der Waals surface area contributed by atoms with Crippen LogP contribution in [0, 0.1) is 5.92 Å². The molecule has 2 amide bonds. The first-order valence-corrected chi connectivity index (χ1v) is 8.25. The van der Waals surface area contributed by atoms with Crippen LogP contribution in [-0.4, -0.2) is 58.5 Å². The van der Waals surface area contributed by atoms with Crippen molar-refractivity contribution >= 4 is 11.8 Å². The maximum Gasteiger partial charge on any atom is 0.245 e. The van der Waals surface area contributed by atoms with Crippen LogP contribution in [0.5, 0.6) is 0 Å². The molecule has 1 unspecified atom stereocenters. The highest BCUT2D eigenvalue weighted by Gasteiger charge is 2.35. The van der Waals surface area contributed by atoms with Gasteiger partial charge in [0.1, 0.15) is 6.04 Å². The van der Waals surface area contributed by atoms with E-state index in [0.29, 0.717) is 44.8 Å². The minimum Gasteiger partial charge on any atom is -0.393 e. The molecular weight excluding hydrogens is 268 g/mol. The molecule has 5 nitrogen and oxygen atoms in total. The van der Waals surface area contributed by atoms with E-state index in [4.69, 9.17) is 0 Å². The number of hydrogen-bond acceptors (Lipinski definition) is 3. The molecule has 1 atom stereocenters. The quantitative estimate of drug-likeness (QED) is 0.853. The molecule has 0 aromatic carbocycles. The van der Waals surface area contributed by atoms with Crippen LogP contribution in [-0.2, 0) is 9.59 Å². The van der Waals surface area contributed by atoms with Crippen molar-refractivity contribution in [1.29, 1.82) is 0 Å².